The van der Waals surface area contributed by atoms with Crippen molar-refractivity contribution >= 4 is 87.6 Å². The minimum Gasteiger partial charge on any atom is -0.540 e. The Kier molecular flexibility index (Phi) is 35.0. The van der Waals surface area contributed by atoms with Crippen LogP contribution in [0.1, 0.15) is 255 Å². The number of nitrogens with one attached hydrogen (secondary N) is 3. The van der Waals surface area contributed by atoms with E-state index in [4.69, 9.17) is 57.6 Å². The van der Waals surface area contributed by atoms with Crippen molar-refractivity contribution in [1.82, 2.24) is 45.6 Å². The first-order chi connectivity index (χ1) is 62.3. The number of rotatable bonds is 7. The molecule has 0 spiro atoms. The summed E-state index contributed by atoms with van der Waals surface area (Å²) in [7, 11) is 4.89. The number of alkyl carbamates (subject to hydrolysis) is 3. The van der Waals surface area contributed by atoms with Crippen LogP contribution in [0.3, 0.4) is 0 Å². The van der Waals surface area contributed by atoms with E-state index in [1.54, 1.807) is 21.3 Å². The van der Waals surface area contributed by atoms with Gasteiger partial charge in [-0.1, -0.05) is 146 Å². The molecule has 3 aromatic carbocycles. The van der Waals surface area contributed by atoms with Gasteiger partial charge in [0.1, 0.15) is 70.5 Å². The maximum absolute atomic E-state index is 14.2. The van der Waals surface area contributed by atoms with Crippen molar-refractivity contribution < 1.29 is 141 Å². The fraction of sp³-hybridized carbons (Fsp3) is 0.654. The third kappa shape index (κ3) is 23.6. The third-order valence-electron chi connectivity index (χ3n) is 30.5. The normalized spacial score (nSPS) is 31.1. The zero-order chi connectivity index (χ0) is 94.0. The van der Waals surface area contributed by atoms with Crippen molar-refractivity contribution in [2.75, 3.05) is 41.0 Å². The molecule has 4 aliphatic carbocycles. The monoisotopic (exact) mass is 1960 g/mol. The van der Waals surface area contributed by atoms with E-state index >= 15 is 0 Å². The molecule has 10 aliphatic rings. The van der Waals surface area contributed by atoms with Crippen molar-refractivity contribution in [3.63, 3.8) is 0 Å². The van der Waals surface area contributed by atoms with Crippen LogP contribution in [0, 0.1) is 63.6 Å². The average molecular weight is 1960 g/mol. The fourth-order valence-electron chi connectivity index (χ4n) is 22.5. The van der Waals surface area contributed by atoms with Gasteiger partial charge in [0, 0.05) is 113 Å². The molecule has 3 N–H and O–H groups in total. The number of benzene rings is 3. The molecule has 6 bridgehead atoms. The van der Waals surface area contributed by atoms with Crippen molar-refractivity contribution in [2.24, 2.45) is 63.6 Å². The zero-order valence-corrected chi connectivity index (χ0v) is 85.9. The standard InChI is InChI=1S/C35H46N3O6.C35H48N3O6.C34H46N3O6.3V/c1-20-28(19-39)38-18-29(20)43-31-22(14-21-12-13-24(42-6)16-27(21)36-31)10-8-7-9-11-26-25-15-23(25)17-35(26,5)44-33(41)37-30(32(38)40)34(2,3)4;1-7-26-28(21-39)38-20-29(26)43-31-23(18-22-15-16-25(42-6)19-27(22)36-31)12-9-8-10-13-24-14-11-17-35(24,5)44-33(41)37-30(32(38)40)34(2,3)4;1-21-27(20-38)37-19-28(21)42-30-23(17-22-14-15-25(41-6)18-26(22)35-30)11-8-7-9-12-24-13-10-16-34(24,5)43-32(40)36-29(31(37)39)33(2,3)4;;;/h12-14,16,20,23,25-26,28-30H,7-11,15,17-18H2,1-6H3,(H,37,41);15-16,18-19,24,26,28-30H,7-14,17,20H2,1-6H3,(H,37,41);14-15,17-18,21,24,27-29H,7-13,16,19H2,1-6H3,(H,36,40);;;/q3*-1;;;/t20-,23?,25?,26+,28+,29-,30+,35+;24-,26+,28-,29+,30-,35-;21-,24+,27+,28-,29+,34+;;;/m010.../s1. The Morgan fingerprint density at radius 3 is 1.10 bits per heavy atom. The summed E-state index contributed by atoms with van der Waals surface area (Å²) in [4.78, 5) is 139. The van der Waals surface area contributed by atoms with Crippen molar-refractivity contribution in [3.05, 3.63) is 89.5 Å². The molecule has 30 heteroatoms. The first-order valence-electron chi connectivity index (χ1n) is 48.3. The van der Waals surface area contributed by atoms with Gasteiger partial charge in [0.05, 0.1) is 57.5 Å². The first-order valence-corrected chi connectivity index (χ1v) is 48.3. The van der Waals surface area contributed by atoms with Gasteiger partial charge in [-0.05, 0) is 242 Å². The number of methoxy groups -OCH3 is 3. The Morgan fingerprint density at radius 2 is 0.761 bits per heavy atom. The molecule has 3 saturated heterocycles. The van der Waals surface area contributed by atoms with Crippen LogP contribution in [0.25, 0.3) is 32.7 Å². The van der Waals surface area contributed by atoms with Crippen molar-refractivity contribution in [2.45, 2.75) is 329 Å². The second kappa shape index (κ2) is 44.2. The van der Waals surface area contributed by atoms with E-state index in [2.05, 4.69) is 59.9 Å². The van der Waals surface area contributed by atoms with E-state index < -0.39 is 106 Å². The van der Waals surface area contributed by atoms with Crippen molar-refractivity contribution in [3.8, 4) is 34.9 Å². The number of hydrogen-bond donors (Lipinski definition) is 3. The molecular formula is C104H140N9O18V3-3. The summed E-state index contributed by atoms with van der Waals surface area (Å²) in [5.41, 5.74) is 1.74. The van der Waals surface area contributed by atoms with Crippen LogP contribution in [0.4, 0.5) is 14.4 Å². The van der Waals surface area contributed by atoms with Crippen molar-refractivity contribution in [1.29, 1.82) is 0 Å². The number of fused-ring (bicyclic) bond motifs is 17. The molecular weight excluding hydrogens is 1820 g/mol. The molecule has 134 heavy (non-hydrogen) atoms. The third-order valence-corrected chi connectivity index (χ3v) is 30.5. The summed E-state index contributed by atoms with van der Waals surface area (Å²) in [5, 5.41) is 11.7. The Morgan fingerprint density at radius 1 is 0.433 bits per heavy atom. The zero-order valence-electron chi connectivity index (χ0n) is 81.7. The van der Waals surface area contributed by atoms with Gasteiger partial charge in [0.25, 0.3) is 0 Å². The molecule has 6 amide bonds. The minimum atomic E-state index is -0.897. The largest absolute Gasteiger partial charge is 0.540 e. The van der Waals surface area contributed by atoms with Gasteiger partial charge in [-0.15, -0.1) is 0 Å². The van der Waals surface area contributed by atoms with Gasteiger partial charge >= 0.3 is 18.3 Å². The maximum atomic E-state index is 14.2. The second-order valence-electron chi connectivity index (χ2n) is 42.8. The number of ether oxygens (including phenoxy) is 9. The topological polar surface area (TPSA) is 321 Å². The number of nitrogens with zero attached hydrogens (tertiary/aromatic N) is 6. The molecule has 6 aromatic rings. The number of amides is 6. The molecule has 727 valence electrons. The van der Waals surface area contributed by atoms with E-state index in [1.807, 2.05) is 152 Å². The predicted molar refractivity (Wildman–Crippen MR) is 499 cm³/mol. The summed E-state index contributed by atoms with van der Waals surface area (Å²) in [6.07, 6.45) is 26.0. The summed E-state index contributed by atoms with van der Waals surface area (Å²) in [6, 6.07) is 18.8. The molecule has 9 heterocycles. The van der Waals surface area contributed by atoms with Crippen LogP contribution in [0.5, 0.6) is 34.9 Å². The van der Waals surface area contributed by atoms with E-state index in [0.717, 1.165) is 191 Å². The Labute approximate surface area is 827 Å². The number of aryl methyl sites for hydroxylation is 3. The second-order valence-corrected chi connectivity index (χ2v) is 42.8. The molecule has 6 aliphatic heterocycles. The van der Waals surface area contributed by atoms with Crippen LogP contribution in [-0.2, 0) is 118 Å². The Balaban J connectivity index is 0.000000191. The fourth-order valence-corrected chi connectivity index (χ4v) is 22.5. The van der Waals surface area contributed by atoms with Gasteiger partial charge in [-0.2, -0.15) is 0 Å². The average Bonchev–Trinajstić information content (AvgIpc) is 1.57. The van der Waals surface area contributed by atoms with Crippen LogP contribution in [-0.4, -0.2) is 197 Å². The molecule has 7 fully saturated rings. The first kappa shape index (κ1) is 106. The molecule has 16 rings (SSSR count). The SMILES string of the molecule is CC[C@@H]1[C@@H]2CN(C(=O)[C@H](C(C)(C)C)NC(=O)O[C@]3(C)CCC[C@H]3CCCCCc3cc4ccc(OC)cc4nc3O2)[C@@H]1[C-]=O.COc1ccc2cc3c(nc2c1)O[C@H]1CN(C(=O)[C@H](C(C)(C)C)NC(=O)O[C@]2(C)CC4CC4[C@H]2CCCCC3)[C@H]([C-]=O)[C@@H]1C.COc1ccc2cc3c(nc2c1)O[C@H]1CN(C(=O)[C@H](C(C)(C)C)NC(=O)O[C@]2(C)CCC[C@H]2CCCCC3)[C@H]([C-]=O)[C@@H]1C.[V].[V].[V]. The van der Waals surface area contributed by atoms with E-state index in [-0.39, 0.29) is 123 Å². The molecule has 3 aromatic heterocycles. The number of pyridine rings is 3. The summed E-state index contributed by atoms with van der Waals surface area (Å²) < 4.78 is 54.6. The summed E-state index contributed by atoms with van der Waals surface area (Å²) in [5.74, 6) is 3.83. The van der Waals surface area contributed by atoms with Crippen LogP contribution >= 0.6 is 0 Å². The summed E-state index contributed by atoms with van der Waals surface area (Å²) >= 11 is 0. The van der Waals surface area contributed by atoms with Gasteiger partial charge in [0.2, 0.25) is 35.4 Å². The Bertz CT molecular complexity index is 5180. The van der Waals surface area contributed by atoms with E-state index in [9.17, 15) is 43.2 Å². The van der Waals surface area contributed by atoms with E-state index in [0.29, 0.717) is 59.1 Å². The molecule has 20 atom stereocenters. The van der Waals surface area contributed by atoms with Crippen LogP contribution < -0.4 is 44.4 Å². The molecule has 2 unspecified atom stereocenters. The number of aromatic nitrogens is 3. The number of carbonyl (C=O) groups excluding carboxylic acids is 9. The Hall–Kier alpha value is -8.33. The molecule has 4 saturated carbocycles. The predicted octanol–water partition coefficient (Wildman–Crippen LogP) is 17.5. The van der Waals surface area contributed by atoms with Gasteiger partial charge in [-0.25, -0.2) is 48.2 Å². The summed E-state index contributed by atoms with van der Waals surface area (Å²) in [6.45, 7) is 29.6. The number of hydrogen-bond acceptors (Lipinski definition) is 21. The van der Waals surface area contributed by atoms with Crippen LogP contribution in [0.15, 0.2) is 72.8 Å². The minimum absolute atomic E-state index is 0. The van der Waals surface area contributed by atoms with E-state index in [1.165, 1.54) is 21.1 Å². The number of carbonyl (C=O) groups is 6. The quantitative estimate of drug-likeness (QED) is 0.0987. The van der Waals surface area contributed by atoms with Gasteiger partial charge in [0.15, 0.2) is 0 Å². The van der Waals surface area contributed by atoms with Gasteiger partial charge < -0.3 is 87.7 Å². The molecule has 27 nitrogen and oxygen atoms in total. The smallest absolute Gasteiger partial charge is 0.408 e. The van der Waals surface area contributed by atoms with Crippen LogP contribution in [0.2, 0.25) is 0 Å². The van der Waals surface area contributed by atoms with Gasteiger partial charge in [-0.3, -0.25) is 14.4 Å². The maximum Gasteiger partial charge on any atom is 0.408 e. The molecule has 3 radical (unpaired) electrons.